The van der Waals surface area contributed by atoms with Crippen LogP contribution in [0.4, 0.5) is 8.78 Å². The molecule has 0 bridgehead atoms. The number of hydrogen-bond donors (Lipinski definition) is 1. The highest BCUT2D eigenvalue weighted by Gasteiger charge is 2.16. The molecular formula is C12H10F2O4. The third kappa shape index (κ3) is 3.13. The van der Waals surface area contributed by atoms with Crippen LogP contribution in [0.15, 0.2) is 24.3 Å². The van der Waals surface area contributed by atoms with Gasteiger partial charge in [-0.3, -0.25) is 4.79 Å². The van der Waals surface area contributed by atoms with Gasteiger partial charge in [-0.1, -0.05) is 6.07 Å². The highest BCUT2D eigenvalue weighted by atomic mass is 19.2. The Morgan fingerprint density at radius 2 is 2.06 bits per heavy atom. The summed E-state index contributed by atoms with van der Waals surface area (Å²) >= 11 is 0. The number of rotatable bonds is 4. The summed E-state index contributed by atoms with van der Waals surface area (Å²) in [5.41, 5.74) is -0.507. The van der Waals surface area contributed by atoms with Crippen molar-refractivity contribution in [3.05, 3.63) is 41.5 Å². The summed E-state index contributed by atoms with van der Waals surface area (Å²) in [5.74, 6) is -5.65. The summed E-state index contributed by atoms with van der Waals surface area (Å²) in [7, 11) is 0. The van der Waals surface area contributed by atoms with Crippen molar-refractivity contribution in [2.75, 3.05) is 6.61 Å². The molecule has 0 fully saturated rings. The molecule has 0 aliphatic heterocycles. The minimum Gasteiger partial charge on any atom is -0.507 e. The van der Waals surface area contributed by atoms with E-state index >= 15 is 0 Å². The molecule has 0 radical (unpaired) electrons. The van der Waals surface area contributed by atoms with Gasteiger partial charge in [0.1, 0.15) is 5.76 Å². The Balaban J connectivity index is 3.00. The zero-order valence-corrected chi connectivity index (χ0v) is 9.44. The van der Waals surface area contributed by atoms with Crippen molar-refractivity contribution in [1.29, 1.82) is 0 Å². The summed E-state index contributed by atoms with van der Waals surface area (Å²) in [5, 5.41) is 9.44. The molecule has 1 aromatic rings. The molecule has 18 heavy (non-hydrogen) atoms. The normalized spacial score (nSPS) is 11.2. The number of esters is 1. The van der Waals surface area contributed by atoms with Gasteiger partial charge in [0.05, 0.1) is 12.2 Å². The van der Waals surface area contributed by atoms with Crippen LogP contribution in [0.2, 0.25) is 0 Å². The van der Waals surface area contributed by atoms with Gasteiger partial charge in [-0.25, -0.2) is 13.6 Å². The summed E-state index contributed by atoms with van der Waals surface area (Å²) < 4.78 is 30.5. The summed E-state index contributed by atoms with van der Waals surface area (Å²) in [4.78, 5) is 22.2. The van der Waals surface area contributed by atoms with Crippen LogP contribution in [0.25, 0.3) is 5.76 Å². The quantitative estimate of drug-likeness (QED) is 0.387. The molecule has 0 unspecified atom stereocenters. The van der Waals surface area contributed by atoms with Crippen LogP contribution in [0, 0.1) is 11.6 Å². The average Bonchev–Trinajstić information content (AvgIpc) is 2.32. The second-order valence-electron chi connectivity index (χ2n) is 3.22. The number of aliphatic hydroxyl groups is 1. The largest absolute Gasteiger partial charge is 0.507 e. The number of benzene rings is 1. The minimum atomic E-state index is -1.30. The van der Waals surface area contributed by atoms with Gasteiger partial charge < -0.3 is 9.84 Å². The van der Waals surface area contributed by atoms with Gasteiger partial charge in [-0.2, -0.15) is 0 Å². The molecule has 0 heterocycles. The maximum Gasteiger partial charge on any atom is 0.379 e. The third-order valence-electron chi connectivity index (χ3n) is 1.97. The predicted molar refractivity (Wildman–Crippen MR) is 58.6 cm³/mol. The van der Waals surface area contributed by atoms with Gasteiger partial charge in [0, 0.05) is 6.08 Å². The standard InChI is InChI=1S/C12H10F2O4/c1-2-18-12(17)10(16)6-9(15)7-4-3-5-8(13)11(7)14/h3-6,15H,2H2,1H3/b9-6-. The van der Waals surface area contributed by atoms with Gasteiger partial charge in [-0.15, -0.1) is 0 Å². The lowest BCUT2D eigenvalue weighted by Crippen LogP contribution is -2.15. The third-order valence-corrected chi connectivity index (χ3v) is 1.97. The molecule has 0 atom stereocenters. The Kier molecular flexibility index (Phi) is 4.53. The highest BCUT2D eigenvalue weighted by Crippen LogP contribution is 2.18. The van der Waals surface area contributed by atoms with Crippen molar-refractivity contribution in [2.45, 2.75) is 6.92 Å². The van der Waals surface area contributed by atoms with E-state index in [-0.39, 0.29) is 6.61 Å². The van der Waals surface area contributed by atoms with E-state index in [1.54, 1.807) is 0 Å². The molecular weight excluding hydrogens is 246 g/mol. The fraction of sp³-hybridized carbons (Fsp3) is 0.167. The molecule has 1 N–H and O–H groups in total. The number of carbonyl (C=O) groups is 2. The lowest BCUT2D eigenvalue weighted by Gasteiger charge is -2.02. The van der Waals surface area contributed by atoms with E-state index < -0.39 is 34.7 Å². The summed E-state index contributed by atoms with van der Waals surface area (Å²) in [6, 6.07) is 3.09. The van der Waals surface area contributed by atoms with Crippen molar-refractivity contribution < 1.29 is 28.2 Å². The Bertz CT molecular complexity index is 509. The van der Waals surface area contributed by atoms with E-state index in [0.717, 1.165) is 18.2 Å². The zero-order chi connectivity index (χ0) is 13.7. The van der Waals surface area contributed by atoms with E-state index in [1.807, 2.05) is 0 Å². The molecule has 0 spiro atoms. The lowest BCUT2D eigenvalue weighted by molar-refractivity contribution is -0.151. The second-order valence-corrected chi connectivity index (χ2v) is 3.22. The first-order chi connectivity index (χ1) is 8.47. The monoisotopic (exact) mass is 256 g/mol. The first-order valence-electron chi connectivity index (χ1n) is 5.03. The number of carbonyl (C=O) groups excluding carboxylic acids is 2. The smallest absolute Gasteiger partial charge is 0.379 e. The van der Waals surface area contributed by atoms with Crippen LogP contribution in [0.5, 0.6) is 0 Å². The van der Waals surface area contributed by atoms with E-state index in [9.17, 15) is 23.5 Å². The lowest BCUT2D eigenvalue weighted by atomic mass is 10.1. The zero-order valence-electron chi connectivity index (χ0n) is 9.44. The molecule has 0 aromatic heterocycles. The van der Waals surface area contributed by atoms with Crippen molar-refractivity contribution in [3.63, 3.8) is 0 Å². The van der Waals surface area contributed by atoms with E-state index in [1.165, 1.54) is 6.92 Å². The van der Waals surface area contributed by atoms with Gasteiger partial charge in [0.2, 0.25) is 0 Å². The van der Waals surface area contributed by atoms with E-state index in [4.69, 9.17) is 0 Å². The van der Waals surface area contributed by atoms with Crippen LogP contribution in [0.1, 0.15) is 12.5 Å². The summed E-state index contributed by atoms with van der Waals surface area (Å²) in [6.45, 7) is 1.49. The molecule has 0 saturated carbocycles. The molecule has 96 valence electrons. The molecule has 0 aliphatic rings. The Hall–Kier alpha value is -2.24. The molecule has 1 aromatic carbocycles. The van der Waals surface area contributed by atoms with Crippen LogP contribution >= 0.6 is 0 Å². The van der Waals surface area contributed by atoms with Crippen LogP contribution in [-0.4, -0.2) is 23.5 Å². The molecule has 0 saturated heterocycles. The number of ketones is 1. The van der Waals surface area contributed by atoms with Gasteiger partial charge in [-0.05, 0) is 19.1 Å². The Morgan fingerprint density at radius 3 is 2.67 bits per heavy atom. The maximum absolute atomic E-state index is 13.2. The number of aliphatic hydroxyl groups excluding tert-OH is 1. The van der Waals surface area contributed by atoms with Gasteiger partial charge in [0.25, 0.3) is 5.78 Å². The molecule has 6 heteroatoms. The fourth-order valence-electron chi connectivity index (χ4n) is 1.16. The van der Waals surface area contributed by atoms with Crippen molar-refractivity contribution in [3.8, 4) is 0 Å². The van der Waals surface area contributed by atoms with Crippen LogP contribution in [0.3, 0.4) is 0 Å². The van der Waals surface area contributed by atoms with E-state index in [0.29, 0.717) is 6.08 Å². The highest BCUT2D eigenvalue weighted by molar-refractivity contribution is 6.39. The number of hydrogen-bond acceptors (Lipinski definition) is 4. The van der Waals surface area contributed by atoms with Crippen molar-refractivity contribution in [1.82, 2.24) is 0 Å². The molecule has 4 nitrogen and oxygen atoms in total. The van der Waals surface area contributed by atoms with Crippen molar-refractivity contribution >= 4 is 17.5 Å². The maximum atomic E-state index is 13.2. The van der Waals surface area contributed by atoms with Crippen LogP contribution in [-0.2, 0) is 14.3 Å². The van der Waals surface area contributed by atoms with E-state index in [2.05, 4.69) is 4.74 Å². The number of ether oxygens (including phenoxy) is 1. The second kappa shape index (κ2) is 5.90. The van der Waals surface area contributed by atoms with Crippen molar-refractivity contribution in [2.24, 2.45) is 0 Å². The fourth-order valence-corrected chi connectivity index (χ4v) is 1.16. The van der Waals surface area contributed by atoms with Gasteiger partial charge in [0.15, 0.2) is 11.6 Å². The minimum absolute atomic E-state index is 0.00645. The molecule has 0 amide bonds. The van der Waals surface area contributed by atoms with Crippen LogP contribution < -0.4 is 0 Å². The first kappa shape index (κ1) is 13.8. The molecule has 0 aliphatic carbocycles. The predicted octanol–water partition coefficient (Wildman–Crippen LogP) is 2.00. The summed E-state index contributed by atoms with van der Waals surface area (Å²) in [6.07, 6.45) is 0.482. The van der Waals surface area contributed by atoms with Gasteiger partial charge >= 0.3 is 5.97 Å². The first-order valence-corrected chi connectivity index (χ1v) is 5.03. The Morgan fingerprint density at radius 1 is 1.39 bits per heavy atom. The average molecular weight is 256 g/mol. The number of halogens is 2. The Labute approximate surface area is 101 Å². The SMILES string of the molecule is CCOC(=O)C(=O)/C=C(\O)c1cccc(F)c1F. The molecule has 1 rings (SSSR count). The topological polar surface area (TPSA) is 63.6 Å².